The molecule has 0 unspecified atom stereocenters. The minimum absolute atomic E-state index is 0.271. The van der Waals surface area contributed by atoms with Crippen molar-refractivity contribution < 1.29 is 9.44 Å². The van der Waals surface area contributed by atoms with E-state index in [1.54, 1.807) is 6.20 Å². The van der Waals surface area contributed by atoms with E-state index in [4.69, 9.17) is 23.2 Å². The van der Waals surface area contributed by atoms with Crippen LogP contribution in [0.2, 0.25) is 10.0 Å². The summed E-state index contributed by atoms with van der Waals surface area (Å²) in [6.45, 7) is 1.92. The molecule has 0 saturated carbocycles. The second-order valence-corrected chi connectivity index (χ2v) is 8.10. The highest BCUT2D eigenvalue weighted by molar-refractivity contribution is 6.31. The Labute approximate surface area is 168 Å². The van der Waals surface area contributed by atoms with E-state index in [9.17, 15) is 10.0 Å². The zero-order chi connectivity index (χ0) is 19.2. The number of nitrogens with zero attached hydrogens (tertiary/aromatic N) is 2. The van der Waals surface area contributed by atoms with Crippen LogP contribution in [0.5, 0.6) is 0 Å². The molecule has 2 aliphatic rings. The zero-order valence-electron chi connectivity index (χ0n) is 15.1. The van der Waals surface area contributed by atoms with Crippen molar-refractivity contribution in [2.45, 2.75) is 32.6 Å². The second kappa shape index (κ2) is 7.02. The van der Waals surface area contributed by atoms with Gasteiger partial charge in [-0.1, -0.05) is 29.3 Å². The quantitative estimate of drug-likeness (QED) is 0.462. The van der Waals surface area contributed by atoms with Gasteiger partial charge in [0, 0.05) is 34.7 Å². The van der Waals surface area contributed by atoms with Crippen molar-refractivity contribution in [2.24, 2.45) is 0 Å². The number of hydrogen-bond donors (Lipinski definition) is 0. The third kappa shape index (κ3) is 3.32. The lowest BCUT2D eigenvalue weighted by Crippen LogP contribution is -2.50. The number of aryl methyl sites for hydroxylation is 1. The Kier molecular flexibility index (Phi) is 4.85. The van der Waals surface area contributed by atoms with Gasteiger partial charge >= 0.3 is 5.91 Å². The number of pyridine rings is 1. The first-order chi connectivity index (χ1) is 12.9. The maximum Gasteiger partial charge on any atom is 0.310 e. The highest BCUT2D eigenvalue weighted by atomic mass is 35.5. The van der Waals surface area contributed by atoms with Crippen LogP contribution in [0.25, 0.3) is 5.57 Å². The van der Waals surface area contributed by atoms with Gasteiger partial charge in [0.1, 0.15) is 0 Å². The van der Waals surface area contributed by atoms with Crippen LogP contribution < -0.4 is 0 Å². The molecular formula is C21H20Cl2N2O2. The molecule has 140 valence electrons. The zero-order valence-corrected chi connectivity index (χ0v) is 16.6. The number of carbonyl (C=O) groups is 1. The summed E-state index contributed by atoms with van der Waals surface area (Å²) >= 11 is 12.7. The van der Waals surface area contributed by atoms with E-state index in [2.05, 4.69) is 4.98 Å². The largest absolute Gasteiger partial charge is 0.625 e. The van der Waals surface area contributed by atoms with Gasteiger partial charge in [-0.3, -0.25) is 9.63 Å². The van der Waals surface area contributed by atoms with Crippen molar-refractivity contribution in [1.29, 1.82) is 0 Å². The summed E-state index contributed by atoms with van der Waals surface area (Å²) in [7, 11) is 0. The molecule has 1 fully saturated rings. The number of likely N-dealkylation sites (tertiary alicyclic amines) is 1. The van der Waals surface area contributed by atoms with E-state index in [0.717, 1.165) is 35.2 Å². The topological polar surface area (TPSA) is 53.0 Å². The van der Waals surface area contributed by atoms with Crippen LogP contribution in [0.3, 0.4) is 0 Å². The number of carbonyl (C=O) groups excluding carboxylic acids is 1. The maximum absolute atomic E-state index is 12.6. The minimum Gasteiger partial charge on any atom is -0.625 e. The maximum atomic E-state index is 12.6. The third-order valence-electron chi connectivity index (χ3n) is 5.69. The molecule has 0 N–H and O–H groups in total. The summed E-state index contributed by atoms with van der Waals surface area (Å²) in [4.78, 5) is 16.4. The fraction of sp³-hybridized carbons (Fsp3) is 0.333. The van der Waals surface area contributed by atoms with Crippen LogP contribution in [-0.2, 0) is 17.6 Å². The van der Waals surface area contributed by atoms with Gasteiger partial charge in [-0.15, -0.1) is 0 Å². The predicted molar refractivity (Wildman–Crippen MR) is 107 cm³/mol. The van der Waals surface area contributed by atoms with Crippen molar-refractivity contribution in [3.63, 3.8) is 0 Å². The highest BCUT2D eigenvalue weighted by Gasteiger charge is 2.32. The van der Waals surface area contributed by atoms with Gasteiger partial charge in [-0.2, -0.15) is 0 Å². The number of rotatable bonds is 0. The Balaban J connectivity index is 1.89. The molecule has 0 radical (unpaired) electrons. The molecule has 1 aromatic heterocycles. The summed E-state index contributed by atoms with van der Waals surface area (Å²) in [6, 6.07) is 7.75. The van der Waals surface area contributed by atoms with Crippen LogP contribution in [0.1, 0.15) is 42.1 Å². The van der Waals surface area contributed by atoms with Crippen molar-refractivity contribution in [2.75, 3.05) is 13.1 Å². The number of hydrogen-bond acceptors (Lipinski definition) is 3. The minimum atomic E-state index is -0.750. The number of benzene rings is 1. The van der Waals surface area contributed by atoms with Gasteiger partial charge < -0.3 is 5.21 Å². The molecule has 0 bridgehead atoms. The summed E-state index contributed by atoms with van der Waals surface area (Å²) in [6.07, 6.45) is 4.51. The van der Waals surface area contributed by atoms with Crippen molar-refractivity contribution in [3.8, 4) is 0 Å². The lowest BCUT2D eigenvalue weighted by molar-refractivity contribution is -0.806. The standard InChI is InChI=1S/C21H20Cl2N2O2/c1-13(26)25(27)10-7-14(8-11-25)20-17-5-3-16(22)12-15(17)2-4-18-19(23)6-9-24-21(18)20/h3,5-6,9,12H,2,4,7-8,10-11H2,1H3. The van der Waals surface area contributed by atoms with E-state index in [0.29, 0.717) is 22.9 Å². The van der Waals surface area contributed by atoms with Crippen molar-refractivity contribution in [3.05, 3.63) is 73.7 Å². The first kappa shape index (κ1) is 18.6. The summed E-state index contributed by atoms with van der Waals surface area (Å²) < 4.78 is -0.750. The highest BCUT2D eigenvalue weighted by Crippen LogP contribution is 2.40. The molecule has 6 heteroatoms. The summed E-state index contributed by atoms with van der Waals surface area (Å²) in [5.41, 5.74) is 6.44. The molecule has 4 nitrogen and oxygen atoms in total. The van der Waals surface area contributed by atoms with Crippen molar-refractivity contribution >= 4 is 34.7 Å². The van der Waals surface area contributed by atoms with Crippen LogP contribution in [0.15, 0.2) is 36.0 Å². The normalized spacial score (nSPS) is 22.1. The van der Waals surface area contributed by atoms with E-state index in [-0.39, 0.29) is 19.0 Å². The number of fused-ring (bicyclic) bond motifs is 2. The Hall–Kier alpha value is -1.72. The SMILES string of the molecule is CC(=O)[N+]1([O-])CCC(=C2c3ccc(Cl)cc3CCc3c(Cl)ccnc32)CC1. The lowest BCUT2D eigenvalue weighted by Gasteiger charge is -2.43. The van der Waals surface area contributed by atoms with Gasteiger partial charge in [0.05, 0.1) is 25.7 Å². The van der Waals surface area contributed by atoms with E-state index in [1.807, 2.05) is 24.3 Å². The van der Waals surface area contributed by atoms with Gasteiger partial charge in [0.25, 0.3) is 0 Å². The monoisotopic (exact) mass is 402 g/mol. The number of piperidine rings is 1. The van der Waals surface area contributed by atoms with Crippen LogP contribution in [0, 0.1) is 5.21 Å². The molecule has 2 heterocycles. The average molecular weight is 403 g/mol. The van der Waals surface area contributed by atoms with Crippen LogP contribution >= 0.6 is 23.2 Å². The lowest BCUT2D eigenvalue weighted by atomic mass is 9.88. The summed E-state index contributed by atoms with van der Waals surface area (Å²) in [5, 5.41) is 14.0. The summed E-state index contributed by atoms with van der Waals surface area (Å²) in [5.74, 6) is -0.325. The number of hydroxylamine groups is 3. The van der Waals surface area contributed by atoms with Crippen LogP contribution in [-0.4, -0.2) is 28.6 Å². The Bertz CT molecular complexity index is 959. The Morgan fingerprint density at radius 3 is 2.56 bits per heavy atom. The average Bonchev–Trinajstić information content (AvgIpc) is 2.80. The molecule has 1 aliphatic heterocycles. The van der Waals surface area contributed by atoms with Gasteiger partial charge in [-0.05, 0) is 53.3 Å². The number of aromatic nitrogens is 1. The smallest absolute Gasteiger partial charge is 0.310 e. The van der Waals surface area contributed by atoms with E-state index >= 15 is 0 Å². The van der Waals surface area contributed by atoms with E-state index in [1.165, 1.54) is 18.1 Å². The predicted octanol–water partition coefficient (Wildman–Crippen LogP) is 4.94. The molecule has 1 aromatic carbocycles. The molecular weight excluding hydrogens is 383 g/mol. The molecule has 0 atom stereocenters. The molecule has 2 aromatic rings. The van der Waals surface area contributed by atoms with E-state index < -0.39 is 4.65 Å². The molecule has 1 saturated heterocycles. The van der Waals surface area contributed by atoms with Gasteiger partial charge in [-0.25, -0.2) is 4.79 Å². The molecule has 27 heavy (non-hydrogen) atoms. The van der Waals surface area contributed by atoms with Gasteiger partial charge in [0.2, 0.25) is 0 Å². The first-order valence-electron chi connectivity index (χ1n) is 9.13. The molecule has 0 spiro atoms. The molecule has 1 amide bonds. The second-order valence-electron chi connectivity index (χ2n) is 7.26. The van der Waals surface area contributed by atoms with Gasteiger partial charge in [0.15, 0.2) is 0 Å². The number of quaternary nitrogens is 1. The number of amides is 1. The Morgan fingerprint density at radius 1 is 1.11 bits per heavy atom. The molecule has 4 rings (SSSR count). The first-order valence-corrected chi connectivity index (χ1v) is 9.88. The fourth-order valence-corrected chi connectivity index (χ4v) is 4.55. The molecule has 1 aliphatic carbocycles. The Morgan fingerprint density at radius 2 is 1.85 bits per heavy atom. The fourth-order valence-electron chi connectivity index (χ4n) is 4.11. The van der Waals surface area contributed by atoms with Crippen LogP contribution in [0.4, 0.5) is 0 Å². The van der Waals surface area contributed by atoms with Crippen molar-refractivity contribution in [1.82, 2.24) is 4.98 Å². The number of halogens is 2. The third-order valence-corrected chi connectivity index (χ3v) is 6.28.